The fourth-order valence-electron chi connectivity index (χ4n) is 2.65. The molecule has 5 nitrogen and oxygen atoms in total. The van der Waals surface area contributed by atoms with Crippen LogP contribution in [-0.4, -0.2) is 22.1 Å². The molecule has 0 bridgehead atoms. The monoisotopic (exact) mass is 351 g/mol. The Morgan fingerprint density at radius 1 is 1.25 bits per heavy atom. The van der Waals surface area contributed by atoms with Crippen LogP contribution in [0.25, 0.3) is 0 Å². The summed E-state index contributed by atoms with van der Waals surface area (Å²) in [4.78, 5) is 0.174. The smallest absolute Gasteiger partial charge is 0.241 e. The summed E-state index contributed by atoms with van der Waals surface area (Å²) in [6.07, 6.45) is 0.692. The zero-order valence-corrected chi connectivity index (χ0v) is 14.2. The lowest BCUT2D eigenvalue weighted by molar-refractivity contribution is 0.356. The molecule has 7 heteroatoms. The highest BCUT2D eigenvalue weighted by atomic mass is 32.2. The Labute approximate surface area is 140 Å². The van der Waals surface area contributed by atoms with E-state index in [0.29, 0.717) is 18.6 Å². The maximum Gasteiger partial charge on any atom is 0.241 e. The first-order valence-electron chi connectivity index (χ1n) is 7.52. The molecule has 1 N–H and O–H groups in total. The summed E-state index contributed by atoms with van der Waals surface area (Å²) in [7, 11) is -2.34. The normalized spacial score (nSPS) is 14.8. The van der Waals surface area contributed by atoms with Gasteiger partial charge in [0.15, 0.2) is 11.6 Å². The van der Waals surface area contributed by atoms with Gasteiger partial charge in [0, 0.05) is 12.5 Å². The Bertz CT molecular complexity index is 867. The van der Waals surface area contributed by atoms with E-state index in [1.54, 1.807) is 25.1 Å². The molecule has 128 valence electrons. The van der Waals surface area contributed by atoms with Crippen molar-refractivity contribution < 1.29 is 22.3 Å². The van der Waals surface area contributed by atoms with E-state index in [2.05, 4.69) is 4.72 Å². The zero-order valence-electron chi connectivity index (χ0n) is 13.4. The summed E-state index contributed by atoms with van der Waals surface area (Å²) in [5.41, 5.74) is 1.39. The van der Waals surface area contributed by atoms with Gasteiger partial charge in [-0.25, -0.2) is 17.5 Å². The highest BCUT2D eigenvalue weighted by molar-refractivity contribution is 7.89. The molecular weight excluding hydrogens is 333 g/mol. The first-order valence-corrected chi connectivity index (χ1v) is 9.00. The number of halogens is 1. The largest absolute Gasteiger partial charge is 0.494 e. The molecular formula is C17H18FNO4S. The van der Waals surface area contributed by atoms with Crippen LogP contribution in [0.4, 0.5) is 4.39 Å². The minimum Gasteiger partial charge on any atom is -0.494 e. The van der Waals surface area contributed by atoms with Gasteiger partial charge in [-0.1, -0.05) is 6.07 Å². The van der Waals surface area contributed by atoms with Crippen LogP contribution in [-0.2, 0) is 16.4 Å². The molecule has 1 aliphatic rings. The number of rotatable bonds is 5. The van der Waals surface area contributed by atoms with E-state index < -0.39 is 21.9 Å². The molecule has 1 heterocycles. The van der Waals surface area contributed by atoms with Crippen molar-refractivity contribution in [2.24, 2.45) is 0 Å². The molecule has 2 aromatic carbocycles. The highest BCUT2D eigenvalue weighted by Crippen LogP contribution is 2.28. The minimum absolute atomic E-state index is 0.118. The predicted molar refractivity (Wildman–Crippen MR) is 87.3 cm³/mol. The molecule has 0 radical (unpaired) electrons. The third-order valence-corrected chi connectivity index (χ3v) is 5.52. The molecule has 1 aliphatic heterocycles. The first kappa shape index (κ1) is 16.7. The third kappa shape index (κ3) is 3.22. The molecule has 1 unspecified atom stereocenters. The van der Waals surface area contributed by atoms with Crippen molar-refractivity contribution in [1.82, 2.24) is 4.72 Å². The molecule has 0 aliphatic carbocycles. The van der Waals surface area contributed by atoms with Crippen molar-refractivity contribution in [3.63, 3.8) is 0 Å². The van der Waals surface area contributed by atoms with Crippen LogP contribution in [0.1, 0.15) is 24.1 Å². The van der Waals surface area contributed by atoms with Crippen molar-refractivity contribution in [1.29, 1.82) is 0 Å². The molecule has 0 fully saturated rings. The van der Waals surface area contributed by atoms with Crippen LogP contribution >= 0.6 is 0 Å². The van der Waals surface area contributed by atoms with Gasteiger partial charge in [0.1, 0.15) is 5.75 Å². The molecule has 0 aromatic heterocycles. The van der Waals surface area contributed by atoms with E-state index in [4.69, 9.17) is 9.47 Å². The van der Waals surface area contributed by atoms with Crippen LogP contribution in [0.15, 0.2) is 41.3 Å². The van der Waals surface area contributed by atoms with Gasteiger partial charge in [-0.05, 0) is 48.4 Å². The standard InChI is InChI=1S/C17H18FNO4S/c1-11(12-3-5-17(22-2)15(18)10-12)19-24(20,21)14-4-6-16-13(9-14)7-8-23-16/h3-6,9-11,19H,7-8H2,1-2H3. The minimum atomic E-state index is -3.72. The Morgan fingerprint density at radius 3 is 2.75 bits per heavy atom. The van der Waals surface area contributed by atoms with Crippen molar-refractivity contribution >= 4 is 10.0 Å². The van der Waals surface area contributed by atoms with Gasteiger partial charge in [0.25, 0.3) is 0 Å². The highest BCUT2D eigenvalue weighted by Gasteiger charge is 2.22. The Morgan fingerprint density at radius 2 is 2.04 bits per heavy atom. The maximum absolute atomic E-state index is 13.8. The molecule has 24 heavy (non-hydrogen) atoms. The van der Waals surface area contributed by atoms with Crippen LogP contribution in [0, 0.1) is 5.82 Å². The van der Waals surface area contributed by atoms with Gasteiger partial charge in [-0.15, -0.1) is 0 Å². The van der Waals surface area contributed by atoms with Gasteiger partial charge < -0.3 is 9.47 Å². The summed E-state index contributed by atoms with van der Waals surface area (Å²) in [6.45, 7) is 2.23. The average Bonchev–Trinajstić information content (AvgIpc) is 3.02. The van der Waals surface area contributed by atoms with E-state index in [0.717, 1.165) is 11.3 Å². The molecule has 3 rings (SSSR count). The van der Waals surface area contributed by atoms with Crippen molar-refractivity contribution in [2.75, 3.05) is 13.7 Å². The van der Waals surface area contributed by atoms with E-state index in [-0.39, 0.29) is 10.6 Å². The lowest BCUT2D eigenvalue weighted by Gasteiger charge is -2.16. The summed E-state index contributed by atoms with van der Waals surface area (Å²) < 4.78 is 51.7. The number of methoxy groups -OCH3 is 1. The second-order valence-electron chi connectivity index (χ2n) is 5.60. The predicted octanol–water partition coefficient (Wildman–Crippen LogP) is 2.81. The number of sulfonamides is 1. The quantitative estimate of drug-likeness (QED) is 0.900. The van der Waals surface area contributed by atoms with Crippen molar-refractivity contribution in [3.05, 3.63) is 53.3 Å². The molecule has 1 atom stereocenters. The number of ether oxygens (including phenoxy) is 2. The summed E-state index contributed by atoms with van der Waals surface area (Å²) in [5, 5.41) is 0. The van der Waals surface area contributed by atoms with Crippen molar-refractivity contribution in [3.8, 4) is 11.5 Å². The zero-order chi connectivity index (χ0) is 17.3. The Balaban J connectivity index is 1.82. The number of nitrogens with one attached hydrogen (secondary N) is 1. The number of hydrogen-bond donors (Lipinski definition) is 1. The lowest BCUT2D eigenvalue weighted by atomic mass is 10.1. The summed E-state index contributed by atoms with van der Waals surface area (Å²) in [5.74, 6) is 0.308. The number of benzene rings is 2. The Kier molecular flexibility index (Phi) is 4.47. The third-order valence-electron chi connectivity index (χ3n) is 3.98. The molecule has 0 saturated heterocycles. The molecule has 0 amide bonds. The van der Waals surface area contributed by atoms with Gasteiger partial charge in [0.2, 0.25) is 10.0 Å². The second-order valence-corrected chi connectivity index (χ2v) is 7.32. The van der Waals surface area contributed by atoms with E-state index in [1.807, 2.05) is 0 Å². The fraction of sp³-hybridized carbons (Fsp3) is 0.294. The molecule has 0 spiro atoms. The topological polar surface area (TPSA) is 64.6 Å². The van der Waals surface area contributed by atoms with Gasteiger partial charge in [-0.2, -0.15) is 0 Å². The van der Waals surface area contributed by atoms with Gasteiger partial charge in [-0.3, -0.25) is 0 Å². The Hall–Kier alpha value is -2.12. The molecule has 2 aromatic rings. The van der Waals surface area contributed by atoms with Crippen LogP contribution in [0.2, 0.25) is 0 Å². The van der Waals surface area contributed by atoms with Crippen LogP contribution in [0.3, 0.4) is 0 Å². The van der Waals surface area contributed by atoms with Gasteiger partial charge in [0.05, 0.1) is 18.6 Å². The van der Waals surface area contributed by atoms with Crippen LogP contribution in [0.5, 0.6) is 11.5 Å². The van der Waals surface area contributed by atoms with E-state index in [9.17, 15) is 12.8 Å². The summed E-state index contributed by atoms with van der Waals surface area (Å²) >= 11 is 0. The fourth-order valence-corrected chi connectivity index (χ4v) is 3.93. The maximum atomic E-state index is 13.8. The van der Waals surface area contributed by atoms with E-state index >= 15 is 0 Å². The SMILES string of the molecule is COc1ccc(C(C)NS(=O)(=O)c2ccc3c(c2)CCO3)cc1F. The molecule has 0 saturated carbocycles. The average molecular weight is 351 g/mol. The van der Waals surface area contributed by atoms with E-state index in [1.165, 1.54) is 25.3 Å². The lowest BCUT2D eigenvalue weighted by Crippen LogP contribution is -2.27. The summed E-state index contributed by atoms with van der Waals surface area (Å²) in [6, 6.07) is 8.57. The van der Waals surface area contributed by atoms with Gasteiger partial charge >= 0.3 is 0 Å². The number of fused-ring (bicyclic) bond motifs is 1. The van der Waals surface area contributed by atoms with Crippen molar-refractivity contribution in [2.45, 2.75) is 24.3 Å². The number of hydrogen-bond acceptors (Lipinski definition) is 4. The first-order chi connectivity index (χ1) is 11.4. The van der Waals surface area contributed by atoms with Crippen LogP contribution < -0.4 is 14.2 Å². The second kappa shape index (κ2) is 6.41.